The molecule has 1 amide bonds. The minimum absolute atomic E-state index is 0.0108. The standard InChI is InChI=1S/C19H21N5O/c1-14-3-4-16(11-15(14)2)5-6-19(25)21-12-17-13-24(23-22-17)18-7-9-20-10-8-18/h3-4,7-11,13H,5-6,12H2,1-2H3,(H,21,25). The van der Waals surface area contributed by atoms with Crippen LogP contribution in [0.25, 0.3) is 5.69 Å². The molecular weight excluding hydrogens is 314 g/mol. The van der Waals surface area contributed by atoms with Crippen molar-refractivity contribution in [2.24, 2.45) is 0 Å². The van der Waals surface area contributed by atoms with Crippen molar-refractivity contribution >= 4 is 5.91 Å². The van der Waals surface area contributed by atoms with Gasteiger partial charge in [0.05, 0.1) is 18.4 Å². The molecule has 0 spiro atoms. The molecule has 0 saturated heterocycles. The molecule has 2 aromatic heterocycles. The van der Waals surface area contributed by atoms with Crippen molar-refractivity contribution < 1.29 is 4.79 Å². The van der Waals surface area contributed by atoms with E-state index in [2.05, 4.69) is 52.7 Å². The zero-order chi connectivity index (χ0) is 17.6. The third-order valence-corrected chi connectivity index (χ3v) is 4.15. The number of carbonyl (C=O) groups excluding carboxylic acids is 1. The highest BCUT2D eigenvalue weighted by Gasteiger charge is 2.06. The summed E-state index contributed by atoms with van der Waals surface area (Å²) in [4.78, 5) is 16.0. The zero-order valence-corrected chi connectivity index (χ0v) is 14.4. The molecule has 0 saturated carbocycles. The first-order valence-electron chi connectivity index (χ1n) is 8.26. The van der Waals surface area contributed by atoms with Crippen LogP contribution in [0.5, 0.6) is 0 Å². The Kier molecular flexibility index (Phi) is 5.18. The van der Waals surface area contributed by atoms with E-state index >= 15 is 0 Å². The van der Waals surface area contributed by atoms with Crippen LogP contribution in [0.1, 0.15) is 28.8 Å². The highest BCUT2D eigenvalue weighted by atomic mass is 16.1. The van der Waals surface area contributed by atoms with Gasteiger partial charge in [-0.2, -0.15) is 0 Å². The predicted molar refractivity (Wildman–Crippen MR) is 95.2 cm³/mol. The number of hydrogen-bond donors (Lipinski definition) is 1. The minimum atomic E-state index is 0.0108. The highest BCUT2D eigenvalue weighted by Crippen LogP contribution is 2.11. The Morgan fingerprint density at radius 3 is 2.68 bits per heavy atom. The van der Waals surface area contributed by atoms with Crippen LogP contribution in [0.4, 0.5) is 0 Å². The van der Waals surface area contributed by atoms with E-state index < -0.39 is 0 Å². The number of hydrogen-bond acceptors (Lipinski definition) is 4. The van der Waals surface area contributed by atoms with Gasteiger partial charge >= 0.3 is 0 Å². The van der Waals surface area contributed by atoms with Gasteiger partial charge in [0.15, 0.2) is 0 Å². The number of nitrogens with zero attached hydrogens (tertiary/aromatic N) is 4. The maximum absolute atomic E-state index is 12.0. The van der Waals surface area contributed by atoms with Gasteiger partial charge in [-0.1, -0.05) is 23.4 Å². The Labute approximate surface area is 146 Å². The van der Waals surface area contributed by atoms with Gasteiger partial charge in [0.25, 0.3) is 0 Å². The van der Waals surface area contributed by atoms with E-state index in [1.807, 2.05) is 12.1 Å². The van der Waals surface area contributed by atoms with E-state index in [4.69, 9.17) is 0 Å². The quantitative estimate of drug-likeness (QED) is 0.751. The van der Waals surface area contributed by atoms with Gasteiger partial charge in [0, 0.05) is 18.8 Å². The topological polar surface area (TPSA) is 72.7 Å². The molecule has 2 heterocycles. The fourth-order valence-corrected chi connectivity index (χ4v) is 2.50. The van der Waals surface area contributed by atoms with Crippen molar-refractivity contribution in [1.29, 1.82) is 0 Å². The number of benzene rings is 1. The lowest BCUT2D eigenvalue weighted by molar-refractivity contribution is -0.121. The smallest absolute Gasteiger partial charge is 0.220 e. The summed E-state index contributed by atoms with van der Waals surface area (Å²) < 4.78 is 1.66. The number of rotatable bonds is 6. The first kappa shape index (κ1) is 16.8. The van der Waals surface area contributed by atoms with Gasteiger partial charge < -0.3 is 5.32 Å². The molecule has 0 radical (unpaired) electrons. The van der Waals surface area contributed by atoms with Crippen molar-refractivity contribution in [2.45, 2.75) is 33.2 Å². The Morgan fingerprint density at radius 2 is 1.92 bits per heavy atom. The molecule has 0 aliphatic rings. The Hall–Kier alpha value is -3.02. The second-order valence-electron chi connectivity index (χ2n) is 6.06. The summed E-state index contributed by atoms with van der Waals surface area (Å²) >= 11 is 0. The molecule has 3 aromatic rings. The van der Waals surface area contributed by atoms with Crippen molar-refractivity contribution in [2.75, 3.05) is 0 Å². The third-order valence-electron chi connectivity index (χ3n) is 4.15. The van der Waals surface area contributed by atoms with E-state index in [1.165, 1.54) is 16.7 Å². The van der Waals surface area contributed by atoms with Gasteiger partial charge in [0.1, 0.15) is 5.69 Å². The third kappa shape index (κ3) is 4.50. The summed E-state index contributed by atoms with van der Waals surface area (Å²) in [6.45, 7) is 4.55. The van der Waals surface area contributed by atoms with Crippen molar-refractivity contribution in [3.63, 3.8) is 0 Å². The van der Waals surface area contributed by atoms with E-state index in [0.717, 1.165) is 17.8 Å². The summed E-state index contributed by atoms with van der Waals surface area (Å²) in [6, 6.07) is 10.0. The number of nitrogens with one attached hydrogen (secondary N) is 1. The maximum Gasteiger partial charge on any atom is 0.220 e. The molecule has 1 N–H and O–H groups in total. The lowest BCUT2D eigenvalue weighted by Crippen LogP contribution is -2.23. The Morgan fingerprint density at radius 1 is 1.12 bits per heavy atom. The van der Waals surface area contributed by atoms with Crippen LogP contribution in [-0.4, -0.2) is 25.9 Å². The zero-order valence-electron chi connectivity index (χ0n) is 14.4. The molecule has 0 bridgehead atoms. The number of aromatic nitrogens is 4. The first-order chi connectivity index (χ1) is 12.1. The fraction of sp³-hybridized carbons (Fsp3) is 0.263. The first-order valence-corrected chi connectivity index (χ1v) is 8.26. The molecule has 6 nitrogen and oxygen atoms in total. The van der Waals surface area contributed by atoms with Gasteiger partial charge in [-0.3, -0.25) is 9.78 Å². The highest BCUT2D eigenvalue weighted by molar-refractivity contribution is 5.76. The van der Waals surface area contributed by atoms with Crippen LogP contribution in [0, 0.1) is 13.8 Å². The molecule has 0 atom stereocenters. The Bertz CT molecular complexity index is 857. The van der Waals surface area contributed by atoms with Crippen molar-refractivity contribution in [3.8, 4) is 5.69 Å². The average molecular weight is 335 g/mol. The molecule has 0 unspecified atom stereocenters. The monoisotopic (exact) mass is 335 g/mol. The van der Waals surface area contributed by atoms with Crippen LogP contribution in [0.15, 0.2) is 48.9 Å². The maximum atomic E-state index is 12.0. The SMILES string of the molecule is Cc1ccc(CCC(=O)NCc2cn(-c3ccncc3)nn2)cc1C. The van der Waals surface area contributed by atoms with Crippen LogP contribution < -0.4 is 5.32 Å². The Balaban J connectivity index is 1.49. The summed E-state index contributed by atoms with van der Waals surface area (Å²) in [7, 11) is 0. The molecule has 25 heavy (non-hydrogen) atoms. The second-order valence-corrected chi connectivity index (χ2v) is 6.06. The van der Waals surface area contributed by atoms with Crippen LogP contribution in [-0.2, 0) is 17.8 Å². The number of amides is 1. The summed E-state index contributed by atoms with van der Waals surface area (Å²) in [5.74, 6) is 0.0108. The minimum Gasteiger partial charge on any atom is -0.350 e. The van der Waals surface area contributed by atoms with E-state index in [9.17, 15) is 4.79 Å². The fourth-order valence-electron chi connectivity index (χ4n) is 2.50. The second kappa shape index (κ2) is 7.70. The van der Waals surface area contributed by atoms with Crippen molar-refractivity contribution in [3.05, 3.63) is 71.3 Å². The molecule has 3 rings (SSSR count). The summed E-state index contributed by atoms with van der Waals surface area (Å²) in [5.41, 5.74) is 5.31. The molecule has 0 aliphatic heterocycles. The molecule has 0 fully saturated rings. The molecule has 6 heteroatoms. The van der Waals surface area contributed by atoms with Crippen LogP contribution in [0.3, 0.4) is 0 Å². The lowest BCUT2D eigenvalue weighted by Gasteiger charge is -2.06. The van der Waals surface area contributed by atoms with Gasteiger partial charge in [0.2, 0.25) is 5.91 Å². The number of aryl methyl sites for hydroxylation is 3. The van der Waals surface area contributed by atoms with E-state index in [0.29, 0.717) is 13.0 Å². The van der Waals surface area contributed by atoms with Crippen molar-refractivity contribution in [1.82, 2.24) is 25.3 Å². The molecule has 1 aromatic carbocycles. The number of pyridine rings is 1. The summed E-state index contributed by atoms with van der Waals surface area (Å²) in [6.07, 6.45) is 6.40. The summed E-state index contributed by atoms with van der Waals surface area (Å²) in [5, 5.41) is 11.0. The lowest BCUT2D eigenvalue weighted by atomic mass is 10.0. The largest absolute Gasteiger partial charge is 0.350 e. The van der Waals surface area contributed by atoms with Crippen LogP contribution >= 0.6 is 0 Å². The molecule has 128 valence electrons. The number of carbonyl (C=O) groups is 1. The van der Waals surface area contributed by atoms with Crippen LogP contribution in [0.2, 0.25) is 0 Å². The van der Waals surface area contributed by atoms with E-state index in [1.54, 1.807) is 23.3 Å². The van der Waals surface area contributed by atoms with Gasteiger partial charge in [-0.15, -0.1) is 5.10 Å². The average Bonchev–Trinajstić information content (AvgIpc) is 3.11. The van der Waals surface area contributed by atoms with Gasteiger partial charge in [-0.05, 0) is 49.1 Å². The van der Waals surface area contributed by atoms with E-state index in [-0.39, 0.29) is 5.91 Å². The molecule has 0 aliphatic carbocycles. The predicted octanol–water partition coefficient (Wildman–Crippen LogP) is 2.53. The molecular formula is C19H21N5O. The van der Waals surface area contributed by atoms with Gasteiger partial charge in [-0.25, -0.2) is 4.68 Å². The normalized spacial score (nSPS) is 10.6.